The molecule has 4 aromatic rings. The van der Waals surface area contributed by atoms with E-state index in [1.54, 1.807) is 36.9 Å². The summed E-state index contributed by atoms with van der Waals surface area (Å²) >= 11 is 0. The number of likely N-dealkylation sites (N-methyl/N-ethyl adjacent to an activating group) is 1. The van der Waals surface area contributed by atoms with Gasteiger partial charge in [0, 0.05) is 50.5 Å². The zero-order valence-corrected chi connectivity index (χ0v) is 16.0. The van der Waals surface area contributed by atoms with E-state index in [9.17, 15) is 4.39 Å². The van der Waals surface area contributed by atoms with Crippen LogP contribution in [0.3, 0.4) is 0 Å². The number of hydrogen-bond acceptors (Lipinski definition) is 6. The van der Waals surface area contributed by atoms with Crippen molar-refractivity contribution < 1.29 is 4.39 Å². The third kappa shape index (κ3) is 3.31. The van der Waals surface area contributed by atoms with Gasteiger partial charge in [0.2, 0.25) is 5.95 Å². The van der Waals surface area contributed by atoms with Crippen molar-refractivity contribution in [3.63, 3.8) is 0 Å². The first kappa shape index (κ1) is 17.7. The Bertz CT molecular complexity index is 1130. The molecule has 0 bridgehead atoms. The van der Waals surface area contributed by atoms with E-state index in [4.69, 9.17) is 4.98 Å². The minimum absolute atomic E-state index is 0.280. The van der Waals surface area contributed by atoms with Crippen molar-refractivity contribution in [3.05, 3.63) is 60.9 Å². The lowest BCUT2D eigenvalue weighted by Crippen LogP contribution is -2.45. The normalized spacial score (nSPS) is 15.2. The molecule has 0 amide bonds. The number of fused-ring (bicyclic) bond motifs is 1. The number of nitrogens with zero attached hydrogens (tertiary/aromatic N) is 7. The van der Waals surface area contributed by atoms with E-state index in [2.05, 4.69) is 31.8 Å². The molecule has 1 fully saturated rings. The summed E-state index contributed by atoms with van der Waals surface area (Å²) in [6, 6.07) is 8.19. The predicted octanol–water partition coefficient (Wildman–Crippen LogP) is 2.77. The van der Waals surface area contributed by atoms with Gasteiger partial charge in [0.1, 0.15) is 11.6 Å². The van der Waals surface area contributed by atoms with Crippen molar-refractivity contribution in [2.24, 2.45) is 0 Å². The van der Waals surface area contributed by atoms with Gasteiger partial charge in [0.05, 0.1) is 22.8 Å². The molecule has 3 aromatic heterocycles. The minimum Gasteiger partial charge on any atom is -0.338 e. The van der Waals surface area contributed by atoms with Crippen molar-refractivity contribution in [3.8, 4) is 17.1 Å². The second kappa shape index (κ2) is 7.21. The lowest BCUT2D eigenvalue weighted by molar-refractivity contribution is 0.311. The zero-order chi connectivity index (χ0) is 19.8. The number of aromatic nitrogens is 5. The highest BCUT2D eigenvalue weighted by Crippen LogP contribution is 2.28. The molecule has 0 aliphatic carbocycles. The first-order chi connectivity index (χ1) is 14.2. The molecule has 1 aliphatic rings. The van der Waals surface area contributed by atoms with Crippen molar-refractivity contribution in [2.75, 3.05) is 38.1 Å². The third-order valence-electron chi connectivity index (χ3n) is 5.22. The van der Waals surface area contributed by atoms with Gasteiger partial charge in [-0.3, -0.25) is 9.55 Å². The Morgan fingerprint density at radius 2 is 1.62 bits per heavy atom. The van der Waals surface area contributed by atoms with E-state index in [1.807, 2.05) is 10.6 Å². The molecule has 0 N–H and O–H groups in total. The Kier molecular flexibility index (Phi) is 4.40. The molecule has 0 radical (unpaired) electrons. The number of pyridine rings is 1. The largest absolute Gasteiger partial charge is 0.338 e. The standard InChI is InChI=1S/C21H20FN7/c1-27-8-10-28(11-9-27)21-24-12-15(13-25-21)20-26-18-6-7-23-14-19(18)29(20)17-4-2-16(22)3-5-17/h2-7,12-14H,8-11H2,1H3. The fourth-order valence-corrected chi connectivity index (χ4v) is 3.58. The molecule has 146 valence electrons. The maximum Gasteiger partial charge on any atom is 0.225 e. The first-order valence-corrected chi connectivity index (χ1v) is 9.53. The Labute approximate surface area is 167 Å². The summed E-state index contributed by atoms with van der Waals surface area (Å²) in [5, 5.41) is 0. The molecule has 4 heterocycles. The highest BCUT2D eigenvalue weighted by molar-refractivity contribution is 5.82. The van der Waals surface area contributed by atoms with Gasteiger partial charge in [-0.15, -0.1) is 0 Å². The average Bonchev–Trinajstić information content (AvgIpc) is 3.15. The van der Waals surface area contributed by atoms with Crippen LogP contribution in [0.4, 0.5) is 10.3 Å². The van der Waals surface area contributed by atoms with E-state index < -0.39 is 0 Å². The summed E-state index contributed by atoms with van der Waals surface area (Å²) in [6.45, 7) is 3.82. The molecule has 0 saturated carbocycles. The van der Waals surface area contributed by atoms with Crippen LogP contribution in [0.2, 0.25) is 0 Å². The molecule has 1 aliphatic heterocycles. The van der Waals surface area contributed by atoms with Gasteiger partial charge in [0.15, 0.2) is 0 Å². The van der Waals surface area contributed by atoms with Crippen LogP contribution < -0.4 is 4.90 Å². The van der Waals surface area contributed by atoms with Crippen LogP contribution in [0.15, 0.2) is 55.1 Å². The van der Waals surface area contributed by atoms with Gasteiger partial charge >= 0.3 is 0 Å². The monoisotopic (exact) mass is 389 g/mol. The molecule has 5 rings (SSSR count). The number of hydrogen-bond donors (Lipinski definition) is 0. The van der Waals surface area contributed by atoms with E-state index in [0.29, 0.717) is 5.82 Å². The minimum atomic E-state index is -0.280. The summed E-state index contributed by atoms with van der Waals surface area (Å²) in [6.07, 6.45) is 7.07. The van der Waals surface area contributed by atoms with Crippen molar-refractivity contribution in [1.82, 2.24) is 29.4 Å². The molecule has 0 unspecified atom stereocenters. The fourth-order valence-electron chi connectivity index (χ4n) is 3.58. The maximum atomic E-state index is 13.4. The second-order valence-corrected chi connectivity index (χ2v) is 7.17. The SMILES string of the molecule is CN1CCN(c2ncc(-c3nc4ccncc4n3-c3ccc(F)cc3)cn2)CC1. The van der Waals surface area contributed by atoms with E-state index in [0.717, 1.165) is 54.4 Å². The summed E-state index contributed by atoms with van der Waals surface area (Å²) in [7, 11) is 2.12. The Balaban J connectivity index is 1.56. The molecule has 0 atom stereocenters. The van der Waals surface area contributed by atoms with Gasteiger partial charge in [-0.2, -0.15) is 0 Å². The van der Waals surface area contributed by atoms with Crippen molar-refractivity contribution in [2.45, 2.75) is 0 Å². The number of anilines is 1. The topological polar surface area (TPSA) is 63.0 Å². The molecular weight excluding hydrogens is 369 g/mol. The number of rotatable bonds is 3. The molecule has 0 spiro atoms. The van der Waals surface area contributed by atoms with E-state index in [-0.39, 0.29) is 5.82 Å². The molecule has 29 heavy (non-hydrogen) atoms. The maximum absolute atomic E-state index is 13.4. The fraction of sp³-hybridized carbons (Fsp3) is 0.238. The van der Waals surface area contributed by atoms with Gasteiger partial charge < -0.3 is 9.80 Å². The highest BCUT2D eigenvalue weighted by Gasteiger charge is 2.18. The van der Waals surface area contributed by atoms with Crippen LogP contribution in [0, 0.1) is 5.82 Å². The Morgan fingerprint density at radius 3 is 2.34 bits per heavy atom. The third-order valence-corrected chi connectivity index (χ3v) is 5.22. The number of halogens is 1. The molecule has 1 aromatic carbocycles. The lowest BCUT2D eigenvalue weighted by Gasteiger charge is -2.32. The van der Waals surface area contributed by atoms with Crippen LogP contribution in [-0.2, 0) is 0 Å². The van der Waals surface area contributed by atoms with Gasteiger partial charge in [-0.05, 0) is 37.4 Å². The first-order valence-electron chi connectivity index (χ1n) is 9.53. The molecule has 7 nitrogen and oxygen atoms in total. The molecular formula is C21H20FN7. The summed E-state index contributed by atoms with van der Waals surface area (Å²) in [5.74, 6) is 1.15. The Morgan fingerprint density at radius 1 is 0.897 bits per heavy atom. The summed E-state index contributed by atoms with van der Waals surface area (Å²) < 4.78 is 15.4. The Hall–Kier alpha value is -3.39. The van der Waals surface area contributed by atoms with Crippen LogP contribution in [0.1, 0.15) is 0 Å². The highest BCUT2D eigenvalue weighted by atomic mass is 19.1. The van der Waals surface area contributed by atoms with Crippen LogP contribution in [-0.4, -0.2) is 62.6 Å². The summed E-state index contributed by atoms with van der Waals surface area (Å²) in [4.78, 5) is 22.7. The van der Waals surface area contributed by atoms with E-state index >= 15 is 0 Å². The number of imidazole rings is 1. The van der Waals surface area contributed by atoms with Gasteiger partial charge in [0.25, 0.3) is 0 Å². The van der Waals surface area contributed by atoms with Crippen LogP contribution >= 0.6 is 0 Å². The molecule has 8 heteroatoms. The lowest BCUT2D eigenvalue weighted by atomic mass is 10.2. The van der Waals surface area contributed by atoms with Crippen molar-refractivity contribution >= 4 is 17.0 Å². The molecule has 1 saturated heterocycles. The van der Waals surface area contributed by atoms with Gasteiger partial charge in [-0.1, -0.05) is 0 Å². The zero-order valence-electron chi connectivity index (χ0n) is 16.0. The van der Waals surface area contributed by atoms with Crippen LogP contribution in [0.25, 0.3) is 28.1 Å². The second-order valence-electron chi connectivity index (χ2n) is 7.17. The number of piperazine rings is 1. The van der Waals surface area contributed by atoms with Gasteiger partial charge in [-0.25, -0.2) is 19.3 Å². The predicted molar refractivity (Wildman–Crippen MR) is 110 cm³/mol. The smallest absolute Gasteiger partial charge is 0.225 e. The average molecular weight is 389 g/mol. The number of benzene rings is 1. The summed E-state index contributed by atoms with van der Waals surface area (Å²) in [5.41, 5.74) is 3.25. The quantitative estimate of drug-likeness (QED) is 0.537. The van der Waals surface area contributed by atoms with Crippen molar-refractivity contribution in [1.29, 1.82) is 0 Å². The van der Waals surface area contributed by atoms with E-state index in [1.165, 1.54) is 12.1 Å². The van der Waals surface area contributed by atoms with Crippen LogP contribution in [0.5, 0.6) is 0 Å².